The van der Waals surface area contributed by atoms with Gasteiger partial charge in [-0.05, 0) is 54.5 Å². The molecule has 202 valence electrons. The number of carbonyl (C=O) groups excluding carboxylic acids is 2. The molecular formula is C30H37N3O4S. The SMILES string of the molecule is COc1ccc(NC(=O)N(CC(=O)N(Cc2ccccc2)Cc2sccc2C)C2CCCCC2)c(OC)c1. The average Bonchev–Trinajstić information content (AvgIpc) is 3.36. The van der Waals surface area contributed by atoms with Gasteiger partial charge in [-0.1, -0.05) is 49.6 Å². The van der Waals surface area contributed by atoms with Gasteiger partial charge in [-0.2, -0.15) is 0 Å². The molecule has 1 saturated carbocycles. The quantitative estimate of drug-likeness (QED) is 0.323. The van der Waals surface area contributed by atoms with Crippen molar-refractivity contribution in [2.24, 2.45) is 0 Å². The molecule has 7 nitrogen and oxygen atoms in total. The number of rotatable bonds is 10. The average molecular weight is 536 g/mol. The predicted octanol–water partition coefficient (Wildman–Crippen LogP) is 6.47. The monoisotopic (exact) mass is 535 g/mol. The van der Waals surface area contributed by atoms with E-state index in [2.05, 4.69) is 23.7 Å². The summed E-state index contributed by atoms with van der Waals surface area (Å²) >= 11 is 1.66. The number of methoxy groups -OCH3 is 2. The van der Waals surface area contributed by atoms with Crippen LogP contribution in [0.4, 0.5) is 10.5 Å². The lowest BCUT2D eigenvalue weighted by atomic mass is 9.94. The van der Waals surface area contributed by atoms with Crippen molar-refractivity contribution in [2.75, 3.05) is 26.1 Å². The zero-order valence-electron chi connectivity index (χ0n) is 22.4. The smallest absolute Gasteiger partial charge is 0.322 e. The highest BCUT2D eigenvalue weighted by Crippen LogP contribution is 2.30. The van der Waals surface area contributed by atoms with Crippen LogP contribution in [0.5, 0.6) is 11.5 Å². The second kappa shape index (κ2) is 13.3. The molecule has 1 N–H and O–H groups in total. The summed E-state index contributed by atoms with van der Waals surface area (Å²) in [5.74, 6) is 1.08. The Kier molecular flexibility index (Phi) is 9.65. The van der Waals surface area contributed by atoms with Gasteiger partial charge in [0, 0.05) is 23.5 Å². The maximum atomic E-state index is 13.9. The molecule has 38 heavy (non-hydrogen) atoms. The number of amides is 3. The Morgan fingerprint density at radius 3 is 2.39 bits per heavy atom. The van der Waals surface area contributed by atoms with E-state index in [0.29, 0.717) is 30.3 Å². The predicted molar refractivity (Wildman–Crippen MR) is 152 cm³/mol. The first kappa shape index (κ1) is 27.5. The molecule has 2 aromatic carbocycles. The summed E-state index contributed by atoms with van der Waals surface area (Å²) in [5.41, 5.74) is 2.78. The highest BCUT2D eigenvalue weighted by Gasteiger charge is 2.30. The van der Waals surface area contributed by atoms with Gasteiger partial charge < -0.3 is 24.6 Å². The fourth-order valence-electron chi connectivity index (χ4n) is 4.87. The molecule has 0 unspecified atom stereocenters. The van der Waals surface area contributed by atoms with Crippen molar-refractivity contribution in [1.29, 1.82) is 0 Å². The molecule has 1 aliphatic carbocycles. The zero-order chi connectivity index (χ0) is 26.9. The number of nitrogens with zero attached hydrogens (tertiary/aromatic N) is 2. The Bertz CT molecular complexity index is 1210. The molecule has 0 atom stereocenters. The second-order valence-electron chi connectivity index (χ2n) is 9.68. The topological polar surface area (TPSA) is 71.1 Å². The Hall–Kier alpha value is -3.52. The standard InChI is InChI=1S/C30H37N3O4S/c1-22-16-17-38-28(22)20-32(19-23-10-6-4-7-11-23)29(34)21-33(24-12-8-5-9-13-24)30(35)31-26-15-14-25(36-2)18-27(26)37-3/h4,6-7,10-11,14-18,24H,5,8-9,12-13,19-21H2,1-3H3,(H,31,35). The Labute approximate surface area is 229 Å². The van der Waals surface area contributed by atoms with Gasteiger partial charge in [0.2, 0.25) is 5.91 Å². The maximum absolute atomic E-state index is 13.9. The number of carbonyl (C=O) groups is 2. The molecule has 8 heteroatoms. The van der Waals surface area contributed by atoms with Gasteiger partial charge in [0.15, 0.2) is 0 Å². The largest absolute Gasteiger partial charge is 0.497 e. The lowest BCUT2D eigenvalue weighted by Crippen LogP contribution is -2.49. The number of urea groups is 1. The molecule has 0 aliphatic heterocycles. The van der Waals surface area contributed by atoms with Crippen LogP contribution in [-0.4, -0.2) is 48.5 Å². The van der Waals surface area contributed by atoms with Crippen molar-refractivity contribution in [2.45, 2.75) is 58.2 Å². The van der Waals surface area contributed by atoms with Crippen molar-refractivity contribution in [3.05, 3.63) is 76.0 Å². The van der Waals surface area contributed by atoms with Gasteiger partial charge in [0.05, 0.1) is 26.5 Å². The second-order valence-corrected chi connectivity index (χ2v) is 10.7. The van der Waals surface area contributed by atoms with Crippen molar-refractivity contribution in [3.8, 4) is 11.5 Å². The first-order chi connectivity index (χ1) is 18.5. The van der Waals surface area contributed by atoms with E-state index >= 15 is 0 Å². The van der Waals surface area contributed by atoms with Crippen LogP contribution in [0.25, 0.3) is 0 Å². The van der Waals surface area contributed by atoms with Crippen LogP contribution in [0.15, 0.2) is 60.0 Å². The summed E-state index contributed by atoms with van der Waals surface area (Å²) in [6.07, 6.45) is 5.05. The molecule has 3 amide bonds. The first-order valence-electron chi connectivity index (χ1n) is 13.1. The normalized spacial score (nSPS) is 13.6. The number of nitrogens with one attached hydrogen (secondary N) is 1. The van der Waals surface area contributed by atoms with Crippen molar-refractivity contribution in [3.63, 3.8) is 0 Å². The third-order valence-corrected chi connectivity index (χ3v) is 8.11. The van der Waals surface area contributed by atoms with Crippen molar-refractivity contribution >= 4 is 29.0 Å². The van der Waals surface area contributed by atoms with Gasteiger partial charge in [-0.15, -0.1) is 11.3 Å². The summed E-state index contributed by atoms with van der Waals surface area (Å²) in [6.45, 7) is 3.10. The summed E-state index contributed by atoms with van der Waals surface area (Å²) in [5, 5.41) is 5.05. The third-order valence-electron chi connectivity index (χ3n) is 7.10. The van der Waals surface area contributed by atoms with E-state index in [9.17, 15) is 9.59 Å². The highest BCUT2D eigenvalue weighted by molar-refractivity contribution is 7.10. The Morgan fingerprint density at radius 1 is 0.974 bits per heavy atom. The van der Waals surface area contributed by atoms with Crippen LogP contribution < -0.4 is 14.8 Å². The van der Waals surface area contributed by atoms with Gasteiger partial charge in [0.25, 0.3) is 0 Å². The van der Waals surface area contributed by atoms with Crippen molar-refractivity contribution < 1.29 is 19.1 Å². The number of thiophene rings is 1. The molecule has 1 fully saturated rings. The number of anilines is 1. The van der Waals surface area contributed by atoms with E-state index in [1.54, 1.807) is 48.7 Å². The maximum Gasteiger partial charge on any atom is 0.322 e. The van der Waals surface area contributed by atoms with Crippen LogP contribution in [0.1, 0.15) is 48.1 Å². The van der Waals surface area contributed by atoms with E-state index in [0.717, 1.165) is 42.5 Å². The minimum atomic E-state index is -0.291. The molecule has 0 radical (unpaired) electrons. The minimum absolute atomic E-state index is 0.0130. The fraction of sp³-hybridized carbons (Fsp3) is 0.400. The van der Waals surface area contributed by atoms with Crippen LogP contribution in [0.2, 0.25) is 0 Å². The molecule has 0 bridgehead atoms. The number of ether oxygens (including phenoxy) is 2. The van der Waals surface area contributed by atoms with E-state index in [1.165, 1.54) is 5.56 Å². The molecule has 1 aromatic heterocycles. The Balaban J connectivity index is 1.56. The molecule has 4 rings (SSSR count). The van der Waals surface area contributed by atoms with E-state index < -0.39 is 0 Å². The summed E-state index contributed by atoms with van der Waals surface area (Å²) in [7, 11) is 3.14. The lowest BCUT2D eigenvalue weighted by Gasteiger charge is -2.35. The number of benzene rings is 2. The van der Waals surface area contributed by atoms with Gasteiger partial charge in [-0.25, -0.2) is 4.79 Å². The molecule has 1 heterocycles. The number of hydrogen-bond donors (Lipinski definition) is 1. The van der Waals surface area contributed by atoms with Gasteiger partial charge in [-0.3, -0.25) is 4.79 Å². The molecule has 0 spiro atoms. The van der Waals surface area contributed by atoms with E-state index in [4.69, 9.17) is 9.47 Å². The van der Waals surface area contributed by atoms with E-state index in [-0.39, 0.29) is 24.5 Å². The molecular weight excluding hydrogens is 498 g/mol. The van der Waals surface area contributed by atoms with E-state index in [1.807, 2.05) is 35.2 Å². The molecule has 0 saturated heterocycles. The third kappa shape index (κ3) is 7.07. The number of aryl methyl sites for hydroxylation is 1. The fourth-order valence-corrected chi connectivity index (χ4v) is 5.79. The molecule has 3 aromatic rings. The Morgan fingerprint density at radius 2 is 1.74 bits per heavy atom. The number of hydrogen-bond acceptors (Lipinski definition) is 5. The zero-order valence-corrected chi connectivity index (χ0v) is 23.3. The van der Waals surface area contributed by atoms with Crippen LogP contribution in [0, 0.1) is 6.92 Å². The summed E-state index contributed by atoms with van der Waals surface area (Å²) in [4.78, 5) is 32.3. The van der Waals surface area contributed by atoms with Crippen LogP contribution in [-0.2, 0) is 17.9 Å². The lowest BCUT2D eigenvalue weighted by molar-refractivity contribution is -0.133. The van der Waals surface area contributed by atoms with Crippen LogP contribution >= 0.6 is 11.3 Å². The van der Waals surface area contributed by atoms with Crippen molar-refractivity contribution in [1.82, 2.24) is 9.80 Å². The van der Waals surface area contributed by atoms with Gasteiger partial charge in [0.1, 0.15) is 18.0 Å². The summed E-state index contributed by atoms with van der Waals surface area (Å²) < 4.78 is 10.8. The highest BCUT2D eigenvalue weighted by atomic mass is 32.1. The minimum Gasteiger partial charge on any atom is -0.497 e. The summed E-state index contributed by atoms with van der Waals surface area (Å²) in [6, 6.07) is 17.1. The van der Waals surface area contributed by atoms with Crippen LogP contribution in [0.3, 0.4) is 0 Å². The van der Waals surface area contributed by atoms with Gasteiger partial charge >= 0.3 is 6.03 Å². The molecule has 1 aliphatic rings. The first-order valence-corrected chi connectivity index (χ1v) is 14.0.